The first-order valence-electron chi connectivity index (χ1n) is 5.70. The number of nitrogens with one attached hydrogen (secondary N) is 1. The van der Waals surface area contributed by atoms with Crippen molar-refractivity contribution in [2.45, 2.75) is 24.5 Å². The fraction of sp³-hybridized carbons (Fsp3) is 0.231. The van der Waals surface area contributed by atoms with Crippen molar-refractivity contribution in [2.24, 2.45) is 0 Å². The Kier molecular flexibility index (Phi) is 3.73. The number of para-hydroxylation sites is 1. The molecule has 0 atom stereocenters. The lowest BCUT2D eigenvalue weighted by Crippen LogP contribution is -2.12. The summed E-state index contributed by atoms with van der Waals surface area (Å²) in [6.07, 6.45) is 0.794. The van der Waals surface area contributed by atoms with Crippen molar-refractivity contribution in [3.05, 3.63) is 46.8 Å². The lowest BCUT2D eigenvalue weighted by molar-refractivity contribution is 0.603. The van der Waals surface area contributed by atoms with Crippen LogP contribution in [-0.4, -0.2) is 8.42 Å². The summed E-state index contributed by atoms with van der Waals surface area (Å²) in [5.41, 5.74) is 1.65. The maximum atomic E-state index is 12.2. The van der Waals surface area contributed by atoms with Gasteiger partial charge in [0, 0.05) is 4.88 Å². The van der Waals surface area contributed by atoms with Gasteiger partial charge >= 0.3 is 0 Å². The smallest absolute Gasteiger partial charge is 0.271 e. The maximum Gasteiger partial charge on any atom is 0.271 e. The van der Waals surface area contributed by atoms with Crippen LogP contribution in [0.5, 0.6) is 0 Å². The second-order valence-electron chi connectivity index (χ2n) is 3.98. The van der Waals surface area contributed by atoms with Crippen LogP contribution in [-0.2, 0) is 16.4 Å². The third-order valence-corrected chi connectivity index (χ3v) is 5.48. The zero-order valence-electron chi connectivity index (χ0n) is 10.3. The molecule has 1 N–H and O–H groups in total. The van der Waals surface area contributed by atoms with Gasteiger partial charge in [0.15, 0.2) is 0 Å². The van der Waals surface area contributed by atoms with E-state index in [1.807, 2.05) is 38.1 Å². The van der Waals surface area contributed by atoms with Crippen LogP contribution < -0.4 is 4.72 Å². The van der Waals surface area contributed by atoms with Crippen molar-refractivity contribution in [3.63, 3.8) is 0 Å². The van der Waals surface area contributed by atoms with Gasteiger partial charge in [-0.25, -0.2) is 8.42 Å². The van der Waals surface area contributed by atoms with Crippen LogP contribution in [0.3, 0.4) is 0 Å². The SMILES string of the molecule is CCc1ccccc1NS(=O)(=O)c1ccc(C)s1. The number of anilines is 1. The summed E-state index contributed by atoms with van der Waals surface area (Å²) in [4.78, 5) is 0.985. The van der Waals surface area contributed by atoms with Crippen LogP contribution in [0.25, 0.3) is 0 Å². The Bertz CT molecular complexity index is 645. The highest BCUT2D eigenvalue weighted by Gasteiger charge is 2.17. The lowest BCUT2D eigenvalue weighted by Gasteiger charge is -2.10. The molecule has 0 aliphatic carbocycles. The van der Waals surface area contributed by atoms with Gasteiger partial charge in [0.1, 0.15) is 4.21 Å². The van der Waals surface area contributed by atoms with Gasteiger partial charge in [-0.05, 0) is 37.1 Å². The summed E-state index contributed by atoms with van der Waals surface area (Å²) in [6, 6.07) is 10.9. The molecule has 0 unspecified atom stereocenters. The molecule has 5 heteroatoms. The standard InChI is InChI=1S/C13H15NO2S2/c1-3-11-6-4-5-7-12(11)14-18(15,16)13-9-8-10(2)17-13/h4-9,14H,3H2,1-2H3. The normalized spacial score (nSPS) is 11.4. The summed E-state index contributed by atoms with van der Waals surface area (Å²) in [5, 5.41) is 0. The lowest BCUT2D eigenvalue weighted by atomic mass is 10.1. The van der Waals surface area contributed by atoms with E-state index in [2.05, 4.69) is 4.72 Å². The van der Waals surface area contributed by atoms with Crippen molar-refractivity contribution < 1.29 is 8.42 Å². The predicted molar refractivity (Wildman–Crippen MR) is 75.7 cm³/mol. The third kappa shape index (κ3) is 2.73. The van der Waals surface area contributed by atoms with Gasteiger partial charge in [-0.3, -0.25) is 4.72 Å². The molecule has 0 saturated heterocycles. The number of sulfonamides is 1. The van der Waals surface area contributed by atoms with Gasteiger partial charge in [-0.2, -0.15) is 0 Å². The van der Waals surface area contributed by atoms with Gasteiger partial charge < -0.3 is 0 Å². The number of rotatable bonds is 4. The molecule has 0 aliphatic heterocycles. The molecule has 2 rings (SSSR count). The second-order valence-corrected chi connectivity index (χ2v) is 7.18. The van der Waals surface area contributed by atoms with E-state index in [4.69, 9.17) is 0 Å². The fourth-order valence-electron chi connectivity index (χ4n) is 1.68. The van der Waals surface area contributed by atoms with Crippen LogP contribution in [0.2, 0.25) is 0 Å². The van der Waals surface area contributed by atoms with Gasteiger partial charge in [0.25, 0.3) is 10.0 Å². The van der Waals surface area contributed by atoms with E-state index in [9.17, 15) is 8.42 Å². The van der Waals surface area contributed by atoms with E-state index in [0.29, 0.717) is 9.90 Å². The highest BCUT2D eigenvalue weighted by Crippen LogP contribution is 2.25. The second kappa shape index (κ2) is 5.12. The fourth-order valence-corrected chi connectivity index (χ4v) is 4.06. The third-order valence-electron chi connectivity index (χ3n) is 2.62. The van der Waals surface area contributed by atoms with E-state index < -0.39 is 10.0 Å². The van der Waals surface area contributed by atoms with E-state index in [1.165, 1.54) is 11.3 Å². The van der Waals surface area contributed by atoms with Crippen molar-refractivity contribution >= 4 is 27.0 Å². The van der Waals surface area contributed by atoms with E-state index in [1.54, 1.807) is 12.1 Å². The Labute approximate surface area is 112 Å². The molecule has 0 amide bonds. The van der Waals surface area contributed by atoms with Gasteiger partial charge in [0.2, 0.25) is 0 Å². The zero-order valence-corrected chi connectivity index (χ0v) is 11.9. The topological polar surface area (TPSA) is 46.2 Å². The maximum absolute atomic E-state index is 12.2. The average molecular weight is 281 g/mol. The van der Waals surface area contributed by atoms with Crippen LogP contribution in [0.1, 0.15) is 17.4 Å². The molecule has 1 heterocycles. The molecule has 1 aromatic heterocycles. The monoisotopic (exact) mass is 281 g/mol. The highest BCUT2D eigenvalue weighted by molar-refractivity contribution is 7.94. The molecule has 0 fully saturated rings. The number of thiophene rings is 1. The summed E-state index contributed by atoms with van der Waals surface area (Å²) < 4.78 is 27.4. The summed E-state index contributed by atoms with van der Waals surface area (Å²) >= 11 is 1.28. The molecule has 0 aliphatic rings. The van der Waals surface area contributed by atoms with Crippen LogP contribution >= 0.6 is 11.3 Å². The summed E-state index contributed by atoms with van der Waals surface area (Å²) in [6.45, 7) is 3.89. The molecule has 0 bridgehead atoms. The Morgan fingerprint density at radius 2 is 1.89 bits per heavy atom. The Morgan fingerprint density at radius 3 is 2.50 bits per heavy atom. The van der Waals surface area contributed by atoms with Gasteiger partial charge in [-0.15, -0.1) is 11.3 Å². The number of hydrogen-bond donors (Lipinski definition) is 1. The number of benzene rings is 1. The average Bonchev–Trinajstić information content (AvgIpc) is 2.77. The molecule has 3 nitrogen and oxygen atoms in total. The molecule has 2 aromatic rings. The molecular weight excluding hydrogens is 266 g/mol. The summed E-state index contributed by atoms with van der Waals surface area (Å²) in [5.74, 6) is 0. The summed E-state index contributed by atoms with van der Waals surface area (Å²) in [7, 11) is -3.46. The Hall–Kier alpha value is -1.33. The minimum absolute atomic E-state index is 0.353. The van der Waals surface area contributed by atoms with Crippen LogP contribution in [0.4, 0.5) is 5.69 Å². The first kappa shape index (κ1) is 13.1. The molecule has 0 saturated carbocycles. The van der Waals surface area contributed by atoms with Crippen molar-refractivity contribution in [2.75, 3.05) is 4.72 Å². The molecule has 0 spiro atoms. The predicted octanol–water partition coefficient (Wildman–Crippen LogP) is 3.42. The van der Waals surface area contributed by atoms with Gasteiger partial charge in [0.05, 0.1) is 5.69 Å². The Morgan fingerprint density at radius 1 is 1.17 bits per heavy atom. The molecule has 18 heavy (non-hydrogen) atoms. The zero-order chi connectivity index (χ0) is 13.2. The number of hydrogen-bond acceptors (Lipinski definition) is 3. The molecule has 0 radical (unpaired) electrons. The van der Waals surface area contributed by atoms with Crippen LogP contribution in [0, 0.1) is 6.92 Å². The minimum atomic E-state index is -3.46. The van der Waals surface area contributed by atoms with Crippen molar-refractivity contribution in [3.8, 4) is 0 Å². The first-order valence-corrected chi connectivity index (χ1v) is 8.00. The minimum Gasteiger partial charge on any atom is -0.279 e. The van der Waals surface area contributed by atoms with Gasteiger partial charge in [-0.1, -0.05) is 25.1 Å². The molecule has 96 valence electrons. The highest BCUT2D eigenvalue weighted by atomic mass is 32.2. The first-order chi connectivity index (χ1) is 8.53. The van der Waals surface area contributed by atoms with E-state index >= 15 is 0 Å². The van der Waals surface area contributed by atoms with E-state index in [-0.39, 0.29) is 0 Å². The largest absolute Gasteiger partial charge is 0.279 e. The van der Waals surface area contributed by atoms with Crippen molar-refractivity contribution in [1.82, 2.24) is 0 Å². The van der Waals surface area contributed by atoms with Crippen LogP contribution in [0.15, 0.2) is 40.6 Å². The molecular formula is C13H15NO2S2. The van der Waals surface area contributed by atoms with E-state index in [0.717, 1.165) is 16.9 Å². The van der Waals surface area contributed by atoms with Crippen molar-refractivity contribution in [1.29, 1.82) is 0 Å². The quantitative estimate of drug-likeness (QED) is 0.933. The Balaban J connectivity index is 2.33. The number of aryl methyl sites for hydroxylation is 2. The molecule has 1 aromatic carbocycles.